The van der Waals surface area contributed by atoms with Gasteiger partial charge in [-0.25, -0.2) is 0 Å². The summed E-state index contributed by atoms with van der Waals surface area (Å²) in [6, 6.07) is 18.3. The van der Waals surface area contributed by atoms with E-state index < -0.39 is 42.9 Å². The maximum absolute atomic E-state index is 12.0. The number of ether oxygens (including phenoxy) is 5. The second-order valence-corrected chi connectivity index (χ2v) is 7.82. The number of fused-ring (bicyclic) bond motifs is 1. The van der Waals surface area contributed by atoms with Gasteiger partial charge >= 0.3 is 5.97 Å². The van der Waals surface area contributed by atoms with Crippen LogP contribution >= 0.6 is 0 Å². The molecule has 170 valence electrons. The zero-order valence-corrected chi connectivity index (χ0v) is 18.0. The summed E-state index contributed by atoms with van der Waals surface area (Å²) < 4.78 is 29.9. The fourth-order valence-electron chi connectivity index (χ4n) is 3.97. The van der Waals surface area contributed by atoms with Crippen molar-refractivity contribution in [3.05, 3.63) is 71.8 Å². The number of esters is 1. The van der Waals surface area contributed by atoms with Gasteiger partial charge in [0, 0.05) is 19.4 Å². The van der Waals surface area contributed by atoms with Crippen LogP contribution in [0.5, 0.6) is 0 Å². The Bertz CT molecular complexity index is 907. The molecule has 2 fully saturated rings. The van der Waals surface area contributed by atoms with Crippen LogP contribution in [-0.4, -0.2) is 49.1 Å². The van der Waals surface area contributed by atoms with E-state index in [1.807, 2.05) is 60.7 Å². The van der Waals surface area contributed by atoms with Crippen LogP contribution in [0.3, 0.4) is 0 Å². The summed E-state index contributed by atoms with van der Waals surface area (Å²) in [5.74, 6) is -0.784. The molecular weight excluding hydrogens is 414 g/mol. The van der Waals surface area contributed by atoms with Crippen LogP contribution in [0.2, 0.25) is 0 Å². The lowest BCUT2D eigenvalue weighted by atomic mass is 9.95. The number of nitrogens with one attached hydrogen (secondary N) is 1. The molecule has 2 aliphatic rings. The Morgan fingerprint density at radius 1 is 1.00 bits per heavy atom. The molecule has 1 amide bonds. The predicted octanol–water partition coefficient (Wildman–Crippen LogP) is 2.48. The highest BCUT2D eigenvalue weighted by atomic mass is 16.8. The first-order chi connectivity index (χ1) is 15.5. The van der Waals surface area contributed by atoms with Crippen molar-refractivity contribution < 1.29 is 33.3 Å². The summed E-state index contributed by atoms with van der Waals surface area (Å²) >= 11 is 0. The maximum atomic E-state index is 12.0. The lowest BCUT2D eigenvalue weighted by molar-refractivity contribution is -0.346. The highest BCUT2D eigenvalue weighted by Crippen LogP contribution is 2.36. The highest BCUT2D eigenvalue weighted by Gasteiger charge is 2.52. The largest absolute Gasteiger partial charge is 0.457 e. The third-order valence-corrected chi connectivity index (χ3v) is 5.34. The topological polar surface area (TPSA) is 92.3 Å². The van der Waals surface area contributed by atoms with Crippen LogP contribution in [0.1, 0.15) is 31.3 Å². The average molecular weight is 441 g/mol. The zero-order valence-electron chi connectivity index (χ0n) is 18.0. The summed E-state index contributed by atoms with van der Waals surface area (Å²) in [7, 11) is 0. The fraction of sp³-hybridized carbons (Fsp3) is 0.417. The van der Waals surface area contributed by atoms with Gasteiger partial charge in [0.05, 0.1) is 13.2 Å². The van der Waals surface area contributed by atoms with Gasteiger partial charge in [-0.2, -0.15) is 0 Å². The lowest BCUT2D eigenvalue weighted by Gasteiger charge is -2.48. The molecular formula is C24H27NO7. The number of hydrogen-bond acceptors (Lipinski definition) is 7. The molecule has 8 nitrogen and oxygen atoms in total. The van der Waals surface area contributed by atoms with E-state index >= 15 is 0 Å². The van der Waals surface area contributed by atoms with Crippen LogP contribution in [-0.2, 0) is 39.9 Å². The molecule has 0 aliphatic carbocycles. The monoisotopic (exact) mass is 441 g/mol. The van der Waals surface area contributed by atoms with Crippen molar-refractivity contribution in [2.24, 2.45) is 0 Å². The smallest absolute Gasteiger partial charge is 0.303 e. The van der Waals surface area contributed by atoms with Crippen LogP contribution in [0.15, 0.2) is 60.7 Å². The molecule has 2 aliphatic heterocycles. The SMILES string of the molecule is CC(=O)N[C@H]1[C@@H](OCc2ccccc2)O[C@@H]2CO[C@@H](c3ccccc3)O[C@H]2[C@@H]1OC(C)=O. The predicted molar refractivity (Wildman–Crippen MR) is 113 cm³/mol. The molecule has 0 saturated carbocycles. The van der Waals surface area contributed by atoms with Crippen LogP contribution < -0.4 is 5.32 Å². The average Bonchev–Trinajstić information content (AvgIpc) is 2.80. The van der Waals surface area contributed by atoms with Gasteiger partial charge < -0.3 is 29.0 Å². The standard InChI is InChI=1S/C24H27NO7/c1-15(26)25-20-22(30-16(2)27)21-19(14-29-23(32-21)18-11-7-4-8-12-18)31-24(20)28-13-17-9-5-3-6-10-17/h3-12,19-24H,13-14H2,1-2H3,(H,25,26)/t19-,20-,21-,22-,23-,24+/m1/s1. The molecule has 2 aromatic rings. The van der Waals surface area contributed by atoms with Gasteiger partial charge in [0.1, 0.15) is 18.2 Å². The van der Waals surface area contributed by atoms with Crippen molar-refractivity contribution in [2.45, 2.75) is 57.4 Å². The Balaban J connectivity index is 1.57. The quantitative estimate of drug-likeness (QED) is 0.689. The zero-order chi connectivity index (χ0) is 22.5. The Morgan fingerprint density at radius 2 is 1.69 bits per heavy atom. The van der Waals surface area contributed by atoms with Crippen LogP contribution in [0.25, 0.3) is 0 Å². The first-order valence-corrected chi connectivity index (χ1v) is 10.6. The summed E-state index contributed by atoms with van der Waals surface area (Å²) in [5, 5.41) is 2.82. The normalized spacial score (nSPS) is 29.6. The van der Waals surface area contributed by atoms with Gasteiger partial charge in [0.25, 0.3) is 0 Å². The summed E-state index contributed by atoms with van der Waals surface area (Å²) in [6.45, 7) is 3.20. The molecule has 0 bridgehead atoms. The Hall–Kier alpha value is -2.78. The highest BCUT2D eigenvalue weighted by molar-refractivity contribution is 5.73. The molecule has 4 rings (SSSR count). The molecule has 0 unspecified atom stereocenters. The minimum atomic E-state index is -0.856. The summed E-state index contributed by atoms with van der Waals surface area (Å²) in [6.07, 6.45) is -3.49. The van der Waals surface area contributed by atoms with Crippen molar-refractivity contribution in [3.8, 4) is 0 Å². The Labute approximate surface area is 186 Å². The number of hydrogen-bond donors (Lipinski definition) is 1. The van der Waals surface area contributed by atoms with Gasteiger partial charge in [0.15, 0.2) is 18.7 Å². The van der Waals surface area contributed by atoms with Gasteiger partial charge in [-0.15, -0.1) is 0 Å². The first-order valence-electron chi connectivity index (χ1n) is 10.6. The number of carbonyl (C=O) groups excluding carboxylic acids is 2. The minimum Gasteiger partial charge on any atom is -0.457 e. The van der Waals surface area contributed by atoms with Gasteiger partial charge in [-0.1, -0.05) is 60.7 Å². The fourth-order valence-corrected chi connectivity index (χ4v) is 3.97. The Kier molecular flexibility index (Phi) is 7.16. The molecule has 0 spiro atoms. The molecule has 1 N–H and O–H groups in total. The first kappa shape index (κ1) is 22.4. The van der Waals surface area contributed by atoms with Crippen LogP contribution in [0.4, 0.5) is 0 Å². The molecule has 2 heterocycles. The molecule has 2 saturated heterocycles. The number of rotatable bonds is 6. The van der Waals surface area contributed by atoms with E-state index in [-0.39, 0.29) is 19.1 Å². The number of benzene rings is 2. The molecule has 0 radical (unpaired) electrons. The molecule has 0 aromatic heterocycles. The van der Waals surface area contributed by atoms with Gasteiger partial charge in [-0.3, -0.25) is 9.59 Å². The van der Waals surface area contributed by atoms with E-state index in [9.17, 15) is 9.59 Å². The van der Waals surface area contributed by atoms with Crippen molar-refractivity contribution in [1.82, 2.24) is 5.32 Å². The van der Waals surface area contributed by atoms with E-state index in [0.29, 0.717) is 0 Å². The number of amides is 1. The van der Waals surface area contributed by atoms with Gasteiger partial charge in [-0.05, 0) is 5.56 Å². The Morgan fingerprint density at radius 3 is 2.34 bits per heavy atom. The lowest BCUT2D eigenvalue weighted by Crippen LogP contribution is -2.67. The van der Waals surface area contributed by atoms with Gasteiger partial charge in [0.2, 0.25) is 5.91 Å². The van der Waals surface area contributed by atoms with E-state index in [4.69, 9.17) is 23.7 Å². The molecule has 8 heteroatoms. The van der Waals surface area contributed by atoms with Crippen molar-refractivity contribution in [1.29, 1.82) is 0 Å². The van der Waals surface area contributed by atoms with E-state index in [1.54, 1.807) is 0 Å². The third-order valence-electron chi connectivity index (χ3n) is 5.34. The molecule has 2 aromatic carbocycles. The molecule has 6 atom stereocenters. The third kappa shape index (κ3) is 5.34. The van der Waals surface area contributed by atoms with E-state index in [2.05, 4.69) is 5.32 Å². The summed E-state index contributed by atoms with van der Waals surface area (Å²) in [5.41, 5.74) is 1.79. The minimum absolute atomic E-state index is 0.222. The van der Waals surface area contributed by atoms with E-state index in [1.165, 1.54) is 13.8 Å². The van der Waals surface area contributed by atoms with Crippen LogP contribution in [0, 0.1) is 0 Å². The van der Waals surface area contributed by atoms with Crippen molar-refractivity contribution in [3.63, 3.8) is 0 Å². The van der Waals surface area contributed by atoms with Crippen molar-refractivity contribution in [2.75, 3.05) is 6.61 Å². The molecule has 32 heavy (non-hydrogen) atoms. The van der Waals surface area contributed by atoms with Crippen molar-refractivity contribution >= 4 is 11.9 Å². The second kappa shape index (κ2) is 10.2. The van der Waals surface area contributed by atoms with E-state index in [0.717, 1.165) is 11.1 Å². The number of carbonyl (C=O) groups is 2. The second-order valence-electron chi connectivity index (χ2n) is 7.82. The summed E-state index contributed by atoms with van der Waals surface area (Å²) in [4.78, 5) is 23.9. The maximum Gasteiger partial charge on any atom is 0.303 e.